The summed E-state index contributed by atoms with van der Waals surface area (Å²) in [4.78, 5) is 12.0. The molecular formula is C13H18BrNO3. The lowest BCUT2D eigenvalue weighted by Crippen LogP contribution is -2.13. The van der Waals surface area contributed by atoms with Crippen LogP contribution < -0.4 is 15.2 Å². The Balaban J connectivity index is 3.27. The van der Waals surface area contributed by atoms with Crippen molar-refractivity contribution < 1.29 is 14.3 Å². The number of ketones is 1. The summed E-state index contributed by atoms with van der Waals surface area (Å²) in [5.74, 6) is 0.973. The first kappa shape index (κ1) is 15.0. The fraction of sp³-hybridized carbons (Fsp3) is 0.462. The van der Waals surface area contributed by atoms with Gasteiger partial charge in [-0.2, -0.15) is 0 Å². The average molecular weight is 316 g/mol. The monoisotopic (exact) mass is 315 g/mol. The summed E-state index contributed by atoms with van der Waals surface area (Å²) in [7, 11) is 1.55. The van der Waals surface area contributed by atoms with E-state index in [1.807, 2.05) is 13.8 Å². The fourth-order valence-corrected chi connectivity index (χ4v) is 1.99. The van der Waals surface area contributed by atoms with Crippen molar-refractivity contribution in [2.45, 2.75) is 26.4 Å². The third-order valence-electron chi connectivity index (χ3n) is 2.26. The molecule has 2 N–H and O–H groups in total. The van der Waals surface area contributed by atoms with Gasteiger partial charge in [0.1, 0.15) is 0 Å². The van der Waals surface area contributed by atoms with Gasteiger partial charge in [-0.05, 0) is 32.5 Å². The van der Waals surface area contributed by atoms with Crippen LogP contribution in [0.3, 0.4) is 0 Å². The van der Waals surface area contributed by atoms with Gasteiger partial charge >= 0.3 is 0 Å². The Labute approximate surface area is 116 Å². The molecule has 1 aromatic carbocycles. The van der Waals surface area contributed by atoms with Crippen molar-refractivity contribution in [1.29, 1.82) is 0 Å². The van der Waals surface area contributed by atoms with Crippen molar-refractivity contribution in [3.8, 4) is 11.5 Å². The topological polar surface area (TPSA) is 61.5 Å². The number of nitrogens with two attached hydrogens (primary N) is 1. The largest absolute Gasteiger partial charge is 0.493 e. The van der Waals surface area contributed by atoms with Crippen molar-refractivity contribution in [1.82, 2.24) is 0 Å². The summed E-state index contributed by atoms with van der Waals surface area (Å²) in [6, 6.07) is 3.51. The Hall–Kier alpha value is -1.07. The van der Waals surface area contributed by atoms with E-state index in [-0.39, 0.29) is 18.3 Å². The Morgan fingerprint density at radius 2 is 2.11 bits per heavy atom. The molecule has 1 aromatic rings. The number of benzene rings is 1. The van der Waals surface area contributed by atoms with E-state index < -0.39 is 0 Å². The van der Waals surface area contributed by atoms with Gasteiger partial charge in [0.25, 0.3) is 0 Å². The number of rotatable bonds is 6. The molecule has 0 heterocycles. The molecule has 0 aliphatic carbocycles. The lowest BCUT2D eigenvalue weighted by Gasteiger charge is -2.17. The van der Waals surface area contributed by atoms with E-state index in [9.17, 15) is 4.79 Å². The summed E-state index contributed by atoms with van der Waals surface area (Å²) < 4.78 is 11.7. The minimum Gasteiger partial charge on any atom is -0.493 e. The van der Waals surface area contributed by atoms with Crippen LogP contribution in [0, 0.1) is 0 Å². The van der Waals surface area contributed by atoms with Gasteiger partial charge in [-0.15, -0.1) is 0 Å². The Kier molecular flexibility index (Phi) is 5.62. The maximum absolute atomic E-state index is 12.0. The van der Waals surface area contributed by atoms with Crippen molar-refractivity contribution in [3.05, 3.63) is 22.2 Å². The zero-order valence-corrected chi connectivity index (χ0v) is 12.4. The zero-order valence-electron chi connectivity index (χ0n) is 10.8. The predicted molar refractivity (Wildman–Crippen MR) is 74.5 cm³/mol. The van der Waals surface area contributed by atoms with Crippen LogP contribution in [0.5, 0.6) is 11.5 Å². The van der Waals surface area contributed by atoms with E-state index in [0.717, 1.165) is 4.47 Å². The van der Waals surface area contributed by atoms with Gasteiger partial charge in [0, 0.05) is 10.9 Å². The Bertz CT molecular complexity index is 432. The molecular weight excluding hydrogens is 298 g/mol. The first-order valence-electron chi connectivity index (χ1n) is 5.77. The highest BCUT2D eigenvalue weighted by Gasteiger charge is 2.19. The molecule has 0 aliphatic heterocycles. The molecule has 5 heteroatoms. The second-order valence-electron chi connectivity index (χ2n) is 4.11. The predicted octanol–water partition coefficient (Wildman–Crippen LogP) is 2.78. The van der Waals surface area contributed by atoms with Crippen LogP contribution in [-0.2, 0) is 0 Å². The molecule has 0 atom stereocenters. The summed E-state index contributed by atoms with van der Waals surface area (Å²) in [5.41, 5.74) is 5.92. The molecule has 0 saturated heterocycles. The number of methoxy groups -OCH3 is 1. The average Bonchev–Trinajstić information content (AvgIpc) is 2.30. The van der Waals surface area contributed by atoms with Gasteiger partial charge in [-0.3, -0.25) is 4.79 Å². The van der Waals surface area contributed by atoms with Gasteiger partial charge in [-0.1, -0.05) is 15.9 Å². The molecule has 18 heavy (non-hydrogen) atoms. The van der Waals surface area contributed by atoms with Gasteiger partial charge < -0.3 is 15.2 Å². The molecule has 0 bridgehead atoms. The lowest BCUT2D eigenvalue weighted by molar-refractivity contribution is 0.0978. The maximum Gasteiger partial charge on any atom is 0.172 e. The number of carbonyl (C=O) groups is 1. The lowest BCUT2D eigenvalue weighted by atomic mass is 10.1. The molecule has 0 radical (unpaired) electrons. The Morgan fingerprint density at radius 1 is 1.44 bits per heavy atom. The molecule has 0 aromatic heterocycles. The second-order valence-corrected chi connectivity index (χ2v) is 5.03. The normalized spacial score (nSPS) is 10.6. The van der Waals surface area contributed by atoms with E-state index in [1.165, 1.54) is 0 Å². The van der Waals surface area contributed by atoms with Crippen LogP contribution in [0.4, 0.5) is 0 Å². The highest BCUT2D eigenvalue weighted by molar-refractivity contribution is 9.10. The van der Waals surface area contributed by atoms with Crippen LogP contribution in [0.25, 0.3) is 0 Å². The first-order chi connectivity index (χ1) is 8.49. The van der Waals surface area contributed by atoms with Crippen LogP contribution in [0.15, 0.2) is 16.6 Å². The highest BCUT2D eigenvalue weighted by Crippen LogP contribution is 2.36. The number of Topliss-reactive ketones (excluding diaryl/α,β-unsaturated/α-hetero) is 1. The van der Waals surface area contributed by atoms with Crippen LogP contribution in [0.2, 0.25) is 0 Å². The second kappa shape index (κ2) is 6.75. The molecule has 1 rings (SSSR count). The van der Waals surface area contributed by atoms with E-state index in [1.54, 1.807) is 19.2 Å². The summed E-state index contributed by atoms with van der Waals surface area (Å²) in [6.07, 6.45) is 0.248. The van der Waals surface area contributed by atoms with Crippen LogP contribution in [-0.4, -0.2) is 25.5 Å². The minimum atomic E-state index is -0.0484. The minimum absolute atomic E-state index is 0.0375. The summed E-state index contributed by atoms with van der Waals surface area (Å²) in [6.45, 7) is 4.12. The SMILES string of the molecule is COc1cc(Br)cc(C(=O)CCN)c1OC(C)C. The van der Waals surface area contributed by atoms with Crippen LogP contribution in [0.1, 0.15) is 30.6 Å². The van der Waals surface area contributed by atoms with E-state index in [0.29, 0.717) is 23.6 Å². The molecule has 0 saturated carbocycles. The number of carbonyl (C=O) groups excluding carboxylic acids is 1. The van der Waals surface area contributed by atoms with E-state index in [4.69, 9.17) is 15.2 Å². The number of hydrogen-bond acceptors (Lipinski definition) is 4. The van der Waals surface area contributed by atoms with Gasteiger partial charge in [-0.25, -0.2) is 0 Å². The zero-order chi connectivity index (χ0) is 13.7. The molecule has 4 nitrogen and oxygen atoms in total. The Morgan fingerprint density at radius 3 is 2.61 bits per heavy atom. The molecule has 0 unspecified atom stereocenters. The molecule has 0 spiro atoms. The van der Waals surface area contributed by atoms with Crippen molar-refractivity contribution in [2.24, 2.45) is 5.73 Å². The summed E-state index contributed by atoms with van der Waals surface area (Å²) >= 11 is 3.35. The van der Waals surface area contributed by atoms with Crippen molar-refractivity contribution >= 4 is 21.7 Å². The molecule has 0 amide bonds. The van der Waals surface area contributed by atoms with Gasteiger partial charge in [0.05, 0.1) is 18.8 Å². The smallest absolute Gasteiger partial charge is 0.172 e. The number of ether oxygens (including phenoxy) is 2. The standard InChI is InChI=1S/C13H18BrNO3/c1-8(2)18-13-10(11(16)4-5-15)6-9(14)7-12(13)17-3/h6-8H,4-5,15H2,1-3H3. The molecule has 100 valence electrons. The third kappa shape index (κ3) is 3.71. The van der Waals surface area contributed by atoms with Gasteiger partial charge in [0.15, 0.2) is 17.3 Å². The third-order valence-corrected chi connectivity index (χ3v) is 2.72. The van der Waals surface area contributed by atoms with E-state index >= 15 is 0 Å². The maximum atomic E-state index is 12.0. The summed E-state index contributed by atoms with van der Waals surface area (Å²) in [5, 5.41) is 0. The molecule has 0 fully saturated rings. The first-order valence-corrected chi connectivity index (χ1v) is 6.56. The highest BCUT2D eigenvalue weighted by atomic mass is 79.9. The fourth-order valence-electron chi connectivity index (χ4n) is 1.55. The number of halogens is 1. The van der Waals surface area contributed by atoms with Crippen molar-refractivity contribution in [3.63, 3.8) is 0 Å². The quantitative estimate of drug-likeness (QED) is 0.820. The van der Waals surface area contributed by atoms with Crippen molar-refractivity contribution in [2.75, 3.05) is 13.7 Å². The van der Waals surface area contributed by atoms with Crippen LogP contribution >= 0.6 is 15.9 Å². The molecule has 0 aliphatic rings. The number of hydrogen-bond donors (Lipinski definition) is 1. The van der Waals surface area contributed by atoms with E-state index in [2.05, 4.69) is 15.9 Å². The van der Waals surface area contributed by atoms with Gasteiger partial charge in [0.2, 0.25) is 0 Å².